The highest BCUT2D eigenvalue weighted by molar-refractivity contribution is 6.13. The van der Waals surface area contributed by atoms with Crippen LogP contribution < -0.4 is 25.2 Å². The summed E-state index contributed by atoms with van der Waals surface area (Å²) in [6, 6.07) is 16.1. The van der Waals surface area contributed by atoms with Crippen molar-refractivity contribution in [1.82, 2.24) is 20.1 Å². The molecule has 0 radical (unpaired) electrons. The van der Waals surface area contributed by atoms with E-state index in [1.54, 1.807) is 18.1 Å². The lowest BCUT2D eigenvalue weighted by molar-refractivity contribution is 0.0573. The molecule has 3 aliphatic heterocycles. The number of piperidine rings is 1. The molecule has 2 amide bonds. The number of fused-ring (bicyclic) bond motifs is 2. The van der Waals surface area contributed by atoms with E-state index in [1.165, 1.54) is 0 Å². The Balaban J connectivity index is 1.19. The van der Waals surface area contributed by atoms with Crippen LogP contribution in [0.15, 0.2) is 54.7 Å². The molecule has 2 N–H and O–H groups in total. The van der Waals surface area contributed by atoms with Crippen molar-refractivity contribution in [3.63, 3.8) is 0 Å². The second-order valence-corrected chi connectivity index (χ2v) is 11.6. The standard InChI is InChI=1S/C33H41N7O3/c1-5-43-30-18-23(32(41)39-15-12-24(13-16-39)40-17-14-34-22(2)21-40)10-11-26(30)36-31-19-28-29(20-35-31)38(4)33(42)25-8-6-7-9-27(25)37(28)3/h6-11,18-20,22,24,34H,5,12-17,21H2,1-4H3,(H,35,36). The van der Waals surface area contributed by atoms with E-state index in [4.69, 9.17) is 4.74 Å². The highest BCUT2D eigenvalue weighted by atomic mass is 16.5. The van der Waals surface area contributed by atoms with Crippen molar-refractivity contribution >= 4 is 40.4 Å². The smallest absolute Gasteiger partial charge is 0.260 e. The minimum atomic E-state index is -0.0785. The van der Waals surface area contributed by atoms with Crippen LogP contribution in [0, 0.1) is 0 Å². The summed E-state index contributed by atoms with van der Waals surface area (Å²) in [5.41, 5.74) is 4.38. The average Bonchev–Trinajstić information content (AvgIpc) is 3.11. The first-order chi connectivity index (χ1) is 20.8. The molecule has 10 heteroatoms. The maximum Gasteiger partial charge on any atom is 0.260 e. The molecule has 10 nitrogen and oxygen atoms in total. The van der Waals surface area contributed by atoms with Gasteiger partial charge in [0.1, 0.15) is 11.6 Å². The van der Waals surface area contributed by atoms with Crippen molar-refractivity contribution < 1.29 is 14.3 Å². The SMILES string of the molecule is CCOc1cc(C(=O)N2CCC(N3CCNC(C)C3)CC2)ccc1Nc1cc2c(cn1)N(C)C(=O)c1ccccc1N2C. The number of hydrogen-bond acceptors (Lipinski definition) is 8. The highest BCUT2D eigenvalue weighted by Gasteiger charge is 2.30. The summed E-state index contributed by atoms with van der Waals surface area (Å²) >= 11 is 0. The molecule has 2 saturated heterocycles. The number of para-hydroxylation sites is 1. The van der Waals surface area contributed by atoms with Crippen molar-refractivity contribution in [2.45, 2.75) is 38.8 Å². The largest absolute Gasteiger partial charge is 0.492 e. The van der Waals surface area contributed by atoms with Gasteiger partial charge in [0.15, 0.2) is 0 Å². The molecule has 2 fully saturated rings. The topological polar surface area (TPSA) is 93.3 Å². The molecule has 1 aromatic heterocycles. The number of aromatic nitrogens is 1. The van der Waals surface area contributed by atoms with Crippen LogP contribution >= 0.6 is 0 Å². The van der Waals surface area contributed by atoms with E-state index in [-0.39, 0.29) is 11.8 Å². The normalized spacial score (nSPS) is 19.5. The van der Waals surface area contributed by atoms with Crippen LogP contribution in [0.3, 0.4) is 0 Å². The van der Waals surface area contributed by atoms with Crippen molar-refractivity contribution in [2.24, 2.45) is 0 Å². The molecule has 43 heavy (non-hydrogen) atoms. The number of benzene rings is 2. The van der Waals surface area contributed by atoms with Crippen molar-refractivity contribution in [2.75, 3.05) is 68.5 Å². The number of nitrogens with zero attached hydrogens (tertiary/aromatic N) is 5. The number of ether oxygens (including phenoxy) is 1. The molecule has 4 heterocycles. The van der Waals surface area contributed by atoms with E-state index in [9.17, 15) is 9.59 Å². The predicted molar refractivity (Wildman–Crippen MR) is 170 cm³/mol. The van der Waals surface area contributed by atoms with Gasteiger partial charge in [-0.2, -0.15) is 0 Å². The fraction of sp³-hybridized carbons (Fsp3) is 0.424. The van der Waals surface area contributed by atoms with E-state index in [0.717, 1.165) is 68.3 Å². The van der Waals surface area contributed by atoms with Crippen LogP contribution in [0.4, 0.5) is 28.6 Å². The molecule has 0 bridgehead atoms. The number of piperazine rings is 1. The van der Waals surface area contributed by atoms with E-state index in [0.29, 0.717) is 41.4 Å². The summed E-state index contributed by atoms with van der Waals surface area (Å²) in [4.78, 5) is 39.5. The van der Waals surface area contributed by atoms with Gasteiger partial charge in [-0.05, 0) is 57.0 Å². The molecule has 2 aromatic carbocycles. The fourth-order valence-electron chi connectivity index (χ4n) is 6.48. The zero-order chi connectivity index (χ0) is 30.1. The van der Waals surface area contributed by atoms with Crippen molar-refractivity contribution in [3.05, 3.63) is 65.9 Å². The van der Waals surface area contributed by atoms with Gasteiger partial charge in [0.2, 0.25) is 0 Å². The van der Waals surface area contributed by atoms with Gasteiger partial charge in [-0.25, -0.2) is 4.98 Å². The van der Waals surface area contributed by atoms with Gasteiger partial charge < -0.3 is 30.1 Å². The third kappa shape index (κ3) is 5.77. The zero-order valence-corrected chi connectivity index (χ0v) is 25.5. The number of nitrogens with one attached hydrogen (secondary N) is 2. The van der Waals surface area contributed by atoms with Gasteiger partial charge >= 0.3 is 0 Å². The fourth-order valence-corrected chi connectivity index (χ4v) is 6.48. The van der Waals surface area contributed by atoms with Gasteiger partial charge in [0.25, 0.3) is 11.8 Å². The number of hydrogen-bond donors (Lipinski definition) is 2. The average molecular weight is 584 g/mol. The number of carbonyl (C=O) groups excluding carboxylic acids is 2. The Labute approximate surface area is 253 Å². The molecule has 3 aromatic rings. The molecule has 0 aliphatic carbocycles. The van der Waals surface area contributed by atoms with E-state index >= 15 is 0 Å². The molecule has 226 valence electrons. The van der Waals surface area contributed by atoms with Crippen LogP contribution in [-0.2, 0) is 0 Å². The predicted octanol–water partition coefficient (Wildman–Crippen LogP) is 4.48. The summed E-state index contributed by atoms with van der Waals surface area (Å²) in [6.45, 7) is 9.33. The molecule has 1 atom stereocenters. The zero-order valence-electron chi connectivity index (χ0n) is 25.5. The third-order valence-corrected chi connectivity index (χ3v) is 8.84. The summed E-state index contributed by atoms with van der Waals surface area (Å²) in [5, 5.41) is 6.90. The lowest BCUT2D eigenvalue weighted by Gasteiger charge is -2.42. The third-order valence-electron chi connectivity index (χ3n) is 8.84. The number of anilines is 5. The number of amides is 2. The number of likely N-dealkylation sites (tertiary alicyclic amines) is 1. The second kappa shape index (κ2) is 12.2. The Hall–Kier alpha value is -4.15. The van der Waals surface area contributed by atoms with Crippen molar-refractivity contribution in [1.29, 1.82) is 0 Å². The molecular formula is C33H41N7O3. The second-order valence-electron chi connectivity index (χ2n) is 11.6. The maximum atomic E-state index is 13.5. The molecule has 0 spiro atoms. The monoisotopic (exact) mass is 583 g/mol. The van der Waals surface area contributed by atoms with Gasteiger partial charge in [-0.15, -0.1) is 0 Å². The molecule has 3 aliphatic rings. The minimum Gasteiger partial charge on any atom is -0.492 e. The highest BCUT2D eigenvalue weighted by Crippen LogP contribution is 2.40. The molecular weight excluding hydrogens is 542 g/mol. The van der Waals surface area contributed by atoms with Crippen LogP contribution in [0.5, 0.6) is 5.75 Å². The molecule has 1 unspecified atom stereocenters. The van der Waals surface area contributed by atoms with E-state index < -0.39 is 0 Å². The lowest BCUT2D eigenvalue weighted by atomic mass is 10.0. The summed E-state index contributed by atoms with van der Waals surface area (Å²) in [6.07, 6.45) is 3.71. The summed E-state index contributed by atoms with van der Waals surface area (Å²) < 4.78 is 5.99. The molecule has 0 saturated carbocycles. The first kappa shape index (κ1) is 28.9. The Kier molecular flexibility index (Phi) is 8.23. The van der Waals surface area contributed by atoms with Crippen LogP contribution in [0.1, 0.15) is 47.4 Å². The summed E-state index contributed by atoms with van der Waals surface area (Å²) in [7, 11) is 3.72. The maximum absolute atomic E-state index is 13.5. The quantitative estimate of drug-likeness (QED) is 0.439. The summed E-state index contributed by atoms with van der Waals surface area (Å²) in [5.74, 6) is 1.16. The van der Waals surface area contributed by atoms with E-state index in [2.05, 4.69) is 27.4 Å². The number of rotatable bonds is 6. The van der Waals surface area contributed by atoms with Gasteiger partial charge in [0.05, 0.1) is 41.1 Å². The first-order valence-corrected chi connectivity index (χ1v) is 15.3. The Morgan fingerprint density at radius 3 is 2.58 bits per heavy atom. The Bertz CT molecular complexity index is 1500. The van der Waals surface area contributed by atoms with Crippen LogP contribution in [-0.4, -0.2) is 92.1 Å². The van der Waals surface area contributed by atoms with E-state index in [1.807, 2.05) is 72.3 Å². The van der Waals surface area contributed by atoms with Crippen molar-refractivity contribution in [3.8, 4) is 5.75 Å². The van der Waals surface area contributed by atoms with Gasteiger partial charge in [-0.3, -0.25) is 14.5 Å². The minimum absolute atomic E-state index is 0.0378. The lowest BCUT2D eigenvalue weighted by Crippen LogP contribution is -2.55. The number of pyridine rings is 1. The Morgan fingerprint density at radius 2 is 1.81 bits per heavy atom. The van der Waals surface area contributed by atoms with Crippen LogP contribution in [0.2, 0.25) is 0 Å². The van der Waals surface area contributed by atoms with Gasteiger partial charge in [-0.1, -0.05) is 12.1 Å². The first-order valence-electron chi connectivity index (χ1n) is 15.3. The Morgan fingerprint density at radius 1 is 1.02 bits per heavy atom. The number of carbonyl (C=O) groups is 2. The molecule has 6 rings (SSSR count). The van der Waals surface area contributed by atoms with Crippen LogP contribution in [0.25, 0.3) is 0 Å². The van der Waals surface area contributed by atoms with Gasteiger partial charge in [0, 0.05) is 70.5 Å².